The molecule has 1 aliphatic rings. The Labute approximate surface area is 247 Å². The number of urea groups is 1. The van der Waals surface area contributed by atoms with Gasteiger partial charge in [0.15, 0.2) is 9.84 Å². The standard InChI is InChI=1S/C30H30F3N5O4S/c1-29(2,27(39)36-23-8-6-19(16-34)25(15-23)18-4-5-18)35-17-20-14-21(30(31,32)33)7-13-26(20)38-28(40)37-22-9-11-24(12-10-22)43(3,41)42/h6-15,18,35H,4-5,17H2,1-3H3,(H,36,39)(H2,37,38,40). The molecular formula is C30H30F3N5O4S. The minimum absolute atomic E-state index is 0.0590. The summed E-state index contributed by atoms with van der Waals surface area (Å²) in [6, 6.07) is 14.7. The number of anilines is 3. The van der Waals surface area contributed by atoms with Crippen molar-refractivity contribution >= 4 is 38.8 Å². The lowest BCUT2D eigenvalue weighted by Gasteiger charge is -2.26. The monoisotopic (exact) mass is 613 g/mol. The SMILES string of the molecule is CC(C)(NCc1cc(C(F)(F)F)ccc1NC(=O)Nc1ccc(S(C)(=O)=O)cc1)C(=O)Nc1ccc(C#N)c(C2CC2)c1. The van der Waals surface area contributed by atoms with Crippen LogP contribution >= 0.6 is 0 Å². The number of nitrogens with zero attached hydrogens (tertiary/aromatic N) is 1. The third-order valence-electron chi connectivity index (χ3n) is 6.96. The highest BCUT2D eigenvalue weighted by Crippen LogP contribution is 2.42. The molecule has 1 saturated carbocycles. The zero-order chi connectivity index (χ0) is 31.6. The fraction of sp³-hybridized carbons (Fsp3) is 0.300. The van der Waals surface area contributed by atoms with Crippen molar-refractivity contribution in [3.05, 3.63) is 82.9 Å². The second-order valence-corrected chi connectivity index (χ2v) is 12.9. The van der Waals surface area contributed by atoms with Crippen molar-refractivity contribution < 1.29 is 31.2 Å². The Balaban J connectivity index is 1.48. The van der Waals surface area contributed by atoms with Crippen molar-refractivity contribution in [3.63, 3.8) is 0 Å². The van der Waals surface area contributed by atoms with E-state index in [2.05, 4.69) is 27.3 Å². The zero-order valence-electron chi connectivity index (χ0n) is 23.6. The minimum Gasteiger partial charge on any atom is -0.324 e. The molecule has 4 rings (SSSR count). The number of sulfone groups is 1. The van der Waals surface area contributed by atoms with Gasteiger partial charge in [-0.05, 0) is 104 Å². The van der Waals surface area contributed by atoms with Crippen molar-refractivity contribution in [1.29, 1.82) is 5.26 Å². The Hall–Kier alpha value is -4.41. The molecule has 0 saturated heterocycles. The Morgan fingerprint density at radius 1 is 0.930 bits per heavy atom. The largest absolute Gasteiger partial charge is 0.416 e. The van der Waals surface area contributed by atoms with Crippen LogP contribution in [0.15, 0.2) is 65.6 Å². The van der Waals surface area contributed by atoms with Gasteiger partial charge in [0.25, 0.3) is 0 Å². The highest BCUT2D eigenvalue weighted by Gasteiger charge is 2.33. The second kappa shape index (κ2) is 12.1. The summed E-state index contributed by atoms with van der Waals surface area (Å²) >= 11 is 0. The summed E-state index contributed by atoms with van der Waals surface area (Å²) in [5.74, 6) is -0.163. The first-order valence-electron chi connectivity index (χ1n) is 13.3. The van der Waals surface area contributed by atoms with Crippen molar-refractivity contribution in [2.75, 3.05) is 22.2 Å². The van der Waals surface area contributed by atoms with E-state index in [9.17, 15) is 36.4 Å². The van der Waals surface area contributed by atoms with Gasteiger partial charge in [-0.2, -0.15) is 18.4 Å². The number of hydrogen-bond donors (Lipinski definition) is 4. The number of carbonyl (C=O) groups excluding carboxylic acids is 2. The fourth-order valence-electron chi connectivity index (χ4n) is 4.27. The molecule has 1 fully saturated rings. The summed E-state index contributed by atoms with van der Waals surface area (Å²) in [4.78, 5) is 25.9. The van der Waals surface area contributed by atoms with Gasteiger partial charge in [-0.25, -0.2) is 13.2 Å². The first-order chi connectivity index (χ1) is 20.1. The molecule has 3 aromatic carbocycles. The quantitative estimate of drug-likeness (QED) is 0.233. The maximum absolute atomic E-state index is 13.5. The topological polar surface area (TPSA) is 140 Å². The third-order valence-corrected chi connectivity index (χ3v) is 8.09. The van der Waals surface area contributed by atoms with Crippen LogP contribution in [-0.4, -0.2) is 32.2 Å². The maximum Gasteiger partial charge on any atom is 0.416 e. The summed E-state index contributed by atoms with van der Waals surface area (Å²) in [5, 5.41) is 20.2. The first-order valence-corrected chi connectivity index (χ1v) is 15.1. The average molecular weight is 614 g/mol. The predicted octanol–water partition coefficient (Wildman–Crippen LogP) is 6.01. The molecule has 0 bridgehead atoms. The number of amides is 3. The number of benzene rings is 3. The van der Waals surface area contributed by atoms with Crippen molar-refractivity contribution in [2.45, 2.75) is 55.8 Å². The van der Waals surface area contributed by atoms with Gasteiger partial charge in [-0.15, -0.1) is 0 Å². The smallest absolute Gasteiger partial charge is 0.324 e. The van der Waals surface area contributed by atoms with Crippen LogP contribution in [0.5, 0.6) is 0 Å². The van der Waals surface area contributed by atoms with Crippen LogP contribution < -0.4 is 21.3 Å². The van der Waals surface area contributed by atoms with Gasteiger partial charge in [0.2, 0.25) is 5.91 Å². The Morgan fingerprint density at radius 2 is 1.58 bits per heavy atom. The van der Waals surface area contributed by atoms with E-state index in [0.29, 0.717) is 11.3 Å². The Bertz CT molecular complexity index is 1690. The molecule has 0 heterocycles. The molecule has 3 amide bonds. The summed E-state index contributed by atoms with van der Waals surface area (Å²) in [6.45, 7) is 2.94. The highest BCUT2D eigenvalue weighted by atomic mass is 32.2. The van der Waals surface area contributed by atoms with Crippen LogP contribution in [0, 0.1) is 11.3 Å². The maximum atomic E-state index is 13.5. The van der Waals surface area contributed by atoms with Gasteiger partial charge in [-0.3, -0.25) is 10.1 Å². The molecule has 0 spiro atoms. The molecule has 43 heavy (non-hydrogen) atoms. The van der Waals surface area contributed by atoms with E-state index >= 15 is 0 Å². The molecule has 1 aliphatic carbocycles. The zero-order valence-corrected chi connectivity index (χ0v) is 24.4. The molecule has 0 radical (unpaired) electrons. The highest BCUT2D eigenvalue weighted by molar-refractivity contribution is 7.90. The predicted molar refractivity (Wildman–Crippen MR) is 156 cm³/mol. The van der Waals surface area contributed by atoms with E-state index in [1.807, 2.05) is 0 Å². The molecular weight excluding hydrogens is 583 g/mol. The molecule has 0 aliphatic heterocycles. The van der Waals surface area contributed by atoms with E-state index in [4.69, 9.17) is 0 Å². The number of nitriles is 1. The molecule has 13 heteroatoms. The minimum atomic E-state index is -4.64. The lowest BCUT2D eigenvalue weighted by Crippen LogP contribution is -2.49. The van der Waals surface area contributed by atoms with Crippen LogP contribution in [0.4, 0.5) is 35.0 Å². The van der Waals surface area contributed by atoms with E-state index in [0.717, 1.165) is 42.9 Å². The van der Waals surface area contributed by atoms with Gasteiger partial charge < -0.3 is 16.0 Å². The average Bonchev–Trinajstić information content (AvgIpc) is 3.77. The van der Waals surface area contributed by atoms with Crippen LogP contribution in [-0.2, 0) is 27.4 Å². The molecule has 3 aromatic rings. The molecule has 0 unspecified atom stereocenters. The number of alkyl halides is 3. The fourth-order valence-corrected chi connectivity index (χ4v) is 4.90. The van der Waals surface area contributed by atoms with Crippen molar-refractivity contribution in [3.8, 4) is 6.07 Å². The van der Waals surface area contributed by atoms with E-state index in [1.165, 1.54) is 24.3 Å². The number of nitrogens with one attached hydrogen (secondary N) is 4. The van der Waals surface area contributed by atoms with Gasteiger partial charge in [0.1, 0.15) is 0 Å². The summed E-state index contributed by atoms with van der Waals surface area (Å²) in [5.41, 5.74) is 0.163. The van der Waals surface area contributed by atoms with Gasteiger partial charge in [-0.1, -0.05) is 0 Å². The van der Waals surface area contributed by atoms with Crippen LogP contribution in [0.3, 0.4) is 0 Å². The van der Waals surface area contributed by atoms with Crippen LogP contribution in [0.1, 0.15) is 54.9 Å². The number of hydrogen-bond acceptors (Lipinski definition) is 6. The van der Waals surface area contributed by atoms with Gasteiger partial charge in [0.05, 0.1) is 27.6 Å². The normalized spacial score (nSPS) is 13.6. The number of carbonyl (C=O) groups is 2. The summed E-state index contributed by atoms with van der Waals surface area (Å²) < 4.78 is 63.8. The Morgan fingerprint density at radius 3 is 2.16 bits per heavy atom. The first kappa shape index (κ1) is 31.5. The number of halogens is 3. The molecule has 0 atom stereocenters. The molecule has 0 aromatic heterocycles. The van der Waals surface area contributed by atoms with Gasteiger partial charge >= 0.3 is 12.2 Å². The molecule has 9 nitrogen and oxygen atoms in total. The second-order valence-electron chi connectivity index (χ2n) is 10.9. The third kappa shape index (κ3) is 8.12. The Kier molecular flexibility index (Phi) is 8.84. The van der Waals surface area contributed by atoms with E-state index in [-0.39, 0.29) is 34.3 Å². The van der Waals surface area contributed by atoms with Crippen LogP contribution in [0.2, 0.25) is 0 Å². The van der Waals surface area contributed by atoms with Crippen LogP contribution in [0.25, 0.3) is 0 Å². The summed E-state index contributed by atoms with van der Waals surface area (Å²) in [7, 11) is -3.43. The molecule has 4 N–H and O–H groups in total. The lowest BCUT2D eigenvalue weighted by atomic mass is 10.0. The van der Waals surface area contributed by atoms with E-state index in [1.54, 1.807) is 32.0 Å². The van der Waals surface area contributed by atoms with Crippen molar-refractivity contribution in [1.82, 2.24) is 5.32 Å². The van der Waals surface area contributed by atoms with E-state index < -0.39 is 39.1 Å². The van der Waals surface area contributed by atoms with Gasteiger partial charge in [0, 0.05) is 29.9 Å². The summed E-state index contributed by atoms with van der Waals surface area (Å²) in [6.07, 6.45) is -1.65. The van der Waals surface area contributed by atoms with Crippen molar-refractivity contribution in [2.24, 2.45) is 0 Å². The molecule has 226 valence electrons. The lowest BCUT2D eigenvalue weighted by molar-refractivity contribution is -0.137. The number of rotatable bonds is 9.